The molecule has 1 aromatic rings. The number of ether oxygens (including phenoxy) is 1. The number of carbonyl (C=O) groups is 1. The molecule has 4 heteroatoms. The molecule has 1 fully saturated rings. The van der Waals surface area contributed by atoms with Gasteiger partial charge in [0.1, 0.15) is 6.10 Å². The van der Waals surface area contributed by atoms with Gasteiger partial charge in [-0.3, -0.25) is 4.79 Å². The molecule has 1 amide bonds. The van der Waals surface area contributed by atoms with E-state index in [1.165, 1.54) is 11.1 Å². The lowest BCUT2D eigenvalue weighted by Crippen LogP contribution is -2.39. The maximum atomic E-state index is 10.9. The van der Waals surface area contributed by atoms with E-state index in [0.717, 1.165) is 12.8 Å². The van der Waals surface area contributed by atoms with Crippen LogP contribution in [0.3, 0.4) is 0 Å². The minimum Gasteiger partial charge on any atom is -0.371 e. The Morgan fingerprint density at radius 1 is 1.47 bits per heavy atom. The van der Waals surface area contributed by atoms with Crippen molar-refractivity contribution < 1.29 is 9.53 Å². The first-order valence-electron chi connectivity index (χ1n) is 5.94. The highest BCUT2D eigenvalue weighted by Crippen LogP contribution is 2.18. The Hall–Kier alpha value is -1.29. The smallest absolute Gasteiger partial charge is 0.200 e. The average Bonchev–Trinajstić information content (AvgIpc) is 3.12. The molecule has 1 aromatic carbocycles. The Bertz CT molecular complexity index is 387. The summed E-state index contributed by atoms with van der Waals surface area (Å²) in [5.74, 6) is -0.490. The maximum absolute atomic E-state index is 10.9. The van der Waals surface area contributed by atoms with Crippen LogP contribution < -0.4 is 5.32 Å². The van der Waals surface area contributed by atoms with Gasteiger partial charge in [-0.05, 0) is 24.0 Å². The van der Waals surface area contributed by atoms with Gasteiger partial charge >= 0.3 is 0 Å². The topological polar surface area (TPSA) is 41.6 Å². The predicted molar refractivity (Wildman–Crippen MR) is 67.3 cm³/mol. The molecule has 0 spiro atoms. The Labute approximate surface area is 103 Å². The van der Waals surface area contributed by atoms with Gasteiger partial charge in [0, 0.05) is 0 Å². The number of epoxide rings is 1. The highest BCUT2D eigenvalue weighted by Gasteiger charge is 2.33. The van der Waals surface area contributed by atoms with Crippen LogP contribution in [0.5, 0.6) is 0 Å². The third-order valence-electron chi connectivity index (χ3n) is 3.02. The first kappa shape index (κ1) is 12.2. The van der Waals surface area contributed by atoms with Gasteiger partial charge in [0.25, 0.3) is 0 Å². The zero-order valence-electron chi connectivity index (χ0n) is 9.98. The van der Waals surface area contributed by atoms with E-state index < -0.39 is 5.81 Å². The number of amides is 1. The summed E-state index contributed by atoms with van der Waals surface area (Å²) in [7, 11) is 5.15. The number of benzene rings is 1. The van der Waals surface area contributed by atoms with E-state index in [-0.39, 0.29) is 12.1 Å². The molecule has 1 unspecified atom stereocenters. The van der Waals surface area contributed by atoms with E-state index in [1.807, 2.05) is 0 Å². The molecule has 0 bridgehead atoms. The van der Waals surface area contributed by atoms with Gasteiger partial charge in [-0.1, -0.05) is 31.2 Å². The first-order chi connectivity index (χ1) is 8.19. The van der Waals surface area contributed by atoms with Crippen molar-refractivity contribution in [3.05, 3.63) is 35.4 Å². The van der Waals surface area contributed by atoms with E-state index in [1.54, 1.807) is 0 Å². The van der Waals surface area contributed by atoms with Gasteiger partial charge in [0.15, 0.2) is 5.81 Å². The molecular weight excluding hydrogens is 213 g/mol. The van der Waals surface area contributed by atoms with E-state index in [0.29, 0.717) is 6.61 Å². The second kappa shape index (κ2) is 5.36. The fourth-order valence-electron chi connectivity index (χ4n) is 1.91. The SMILES string of the molecule is [B]C(=O)NC(Cc1ccc(CC)cc1)[C@H]1CO1. The van der Waals surface area contributed by atoms with E-state index in [9.17, 15) is 4.79 Å². The van der Waals surface area contributed by atoms with Crippen LogP contribution in [-0.2, 0) is 17.6 Å². The van der Waals surface area contributed by atoms with Crippen LogP contribution in [0.15, 0.2) is 24.3 Å². The minimum absolute atomic E-state index is 0.0139. The number of carbonyl (C=O) groups excluding carboxylic acids is 1. The van der Waals surface area contributed by atoms with E-state index in [2.05, 4.69) is 36.5 Å². The molecule has 0 aromatic heterocycles. The summed E-state index contributed by atoms with van der Waals surface area (Å²) in [6.45, 7) is 2.84. The van der Waals surface area contributed by atoms with Gasteiger partial charge in [-0.15, -0.1) is 0 Å². The monoisotopic (exact) mass is 229 g/mol. The van der Waals surface area contributed by atoms with Crippen molar-refractivity contribution in [2.75, 3.05) is 6.61 Å². The summed E-state index contributed by atoms with van der Waals surface area (Å²) >= 11 is 0. The lowest BCUT2D eigenvalue weighted by atomic mass is 10.00. The van der Waals surface area contributed by atoms with Crippen molar-refractivity contribution in [3.8, 4) is 0 Å². The fraction of sp³-hybridized carbons (Fsp3) is 0.462. The molecule has 0 saturated carbocycles. The first-order valence-corrected chi connectivity index (χ1v) is 5.94. The van der Waals surface area contributed by atoms with Crippen LogP contribution in [0.4, 0.5) is 4.79 Å². The third-order valence-corrected chi connectivity index (χ3v) is 3.02. The number of hydrogen-bond acceptors (Lipinski definition) is 2. The van der Waals surface area contributed by atoms with Crippen molar-refractivity contribution in [3.63, 3.8) is 0 Å². The van der Waals surface area contributed by atoms with Crippen molar-refractivity contribution in [2.45, 2.75) is 31.9 Å². The lowest BCUT2D eigenvalue weighted by molar-refractivity contribution is 0.251. The van der Waals surface area contributed by atoms with Crippen molar-refractivity contribution >= 4 is 13.7 Å². The Balaban J connectivity index is 1.98. The van der Waals surface area contributed by atoms with Gasteiger partial charge in [-0.2, -0.15) is 0 Å². The number of nitrogens with one attached hydrogen (secondary N) is 1. The average molecular weight is 229 g/mol. The molecule has 2 radical (unpaired) electrons. The normalized spacial score (nSPS) is 19.7. The zero-order chi connectivity index (χ0) is 12.3. The molecule has 2 rings (SSSR count). The molecular formula is C13H16BNO2. The molecule has 1 N–H and O–H groups in total. The van der Waals surface area contributed by atoms with Crippen molar-refractivity contribution in [1.29, 1.82) is 0 Å². The summed E-state index contributed by atoms with van der Waals surface area (Å²) in [5.41, 5.74) is 2.51. The standard InChI is InChI=1S/C13H16BNO2/c1-2-9-3-5-10(6-4-9)7-11(12-8-17-12)15-13(14)16/h3-6,11-12H,2,7-8H2,1H3,(H,15,16)/t11?,12-/m1/s1. The van der Waals surface area contributed by atoms with Gasteiger partial charge in [-0.25, -0.2) is 0 Å². The Kier molecular flexibility index (Phi) is 3.84. The van der Waals surface area contributed by atoms with E-state index >= 15 is 0 Å². The second-order valence-electron chi connectivity index (χ2n) is 4.36. The van der Waals surface area contributed by atoms with Crippen LogP contribution in [0.1, 0.15) is 18.1 Å². The molecule has 1 heterocycles. The van der Waals surface area contributed by atoms with Gasteiger partial charge in [0.05, 0.1) is 12.6 Å². The number of aryl methyl sites for hydroxylation is 1. The molecule has 2 atom stereocenters. The zero-order valence-corrected chi connectivity index (χ0v) is 9.98. The van der Waals surface area contributed by atoms with Crippen molar-refractivity contribution in [1.82, 2.24) is 5.32 Å². The molecule has 3 nitrogen and oxygen atoms in total. The quantitative estimate of drug-likeness (QED) is 0.613. The highest BCUT2D eigenvalue weighted by molar-refractivity contribution is 6.57. The molecule has 17 heavy (non-hydrogen) atoms. The molecule has 1 aliphatic rings. The predicted octanol–water partition coefficient (Wildman–Crippen LogP) is 1.44. The van der Waals surface area contributed by atoms with Crippen LogP contribution in [0.2, 0.25) is 0 Å². The van der Waals surface area contributed by atoms with Crippen LogP contribution >= 0.6 is 0 Å². The van der Waals surface area contributed by atoms with Gasteiger partial charge < -0.3 is 10.1 Å². The summed E-state index contributed by atoms with van der Waals surface area (Å²) in [6.07, 6.45) is 1.92. The molecule has 0 aliphatic carbocycles. The summed E-state index contributed by atoms with van der Waals surface area (Å²) in [5, 5.41) is 2.73. The molecule has 1 saturated heterocycles. The maximum Gasteiger partial charge on any atom is 0.200 e. The Morgan fingerprint density at radius 3 is 2.53 bits per heavy atom. The van der Waals surface area contributed by atoms with Crippen molar-refractivity contribution in [2.24, 2.45) is 0 Å². The fourth-order valence-corrected chi connectivity index (χ4v) is 1.91. The summed E-state index contributed by atoms with van der Waals surface area (Å²) in [6, 6.07) is 8.41. The van der Waals surface area contributed by atoms with Crippen LogP contribution in [-0.4, -0.2) is 32.4 Å². The van der Waals surface area contributed by atoms with Gasteiger partial charge in [0.2, 0.25) is 7.85 Å². The minimum atomic E-state index is -0.490. The number of hydrogen-bond donors (Lipinski definition) is 1. The van der Waals surface area contributed by atoms with Crippen LogP contribution in [0, 0.1) is 0 Å². The lowest BCUT2D eigenvalue weighted by Gasteiger charge is -2.16. The summed E-state index contributed by atoms with van der Waals surface area (Å²) in [4.78, 5) is 10.9. The second-order valence-corrected chi connectivity index (χ2v) is 4.36. The third kappa shape index (κ3) is 3.60. The summed E-state index contributed by atoms with van der Waals surface area (Å²) < 4.78 is 5.22. The largest absolute Gasteiger partial charge is 0.371 e. The van der Waals surface area contributed by atoms with Crippen LogP contribution in [0.25, 0.3) is 0 Å². The Morgan fingerprint density at radius 2 is 2.06 bits per heavy atom. The molecule has 88 valence electrons. The van der Waals surface area contributed by atoms with E-state index in [4.69, 9.17) is 12.6 Å². The molecule has 1 aliphatic heterocycles. The highest BCUT2D eigenvalue weighted by atomic mass is 16.6. The number of rotatable bonds is 5.